The summed E-state index contributed by atoms with van der Waals surface area (Å²) in [7, 11) is 0. The topological polar surface area (TPSA) is 21.1 Å². The van der Waals surface area contributed by atoms with Crippen molar-refractivity contribution in [2.24, 2.45) is 0 Å². The standard InChI is InChI=1S/C49H37N3/c1-31-10-9-15-40-36-11-5-6-12-37(36)42-30-35(20-21-41(42)49(31)40)52-46-16-4-2-3-13-38(46)44-29-33(19-23-48(44)52)32-18-22-47-43(28-32)39-14-7-8-17-45(39)51(47)34-24-26-50-27-25-34/h2-3,5-7,9,11-16,18-22,24-31,48H,8,10,17,23H2,1H3. The van der Waals surface area contributed by atoms with Crippen molar-refractivity contribution in [3.05, 3.63) is 184 Å². The smallest absolute Gasteiger partial charge is 0.0633 e. The second kappa shape index (κ2) is 11.4. The molecule has 0 amide bonds. The summed E-state index contributed by atoms with van der Waals surface area (Å²) in [5.41, 5.74) is 19.2. The van der Waals surface area contributed by atoms with Gasteiger partial charge >= 0.3 is 0 Å². The average molecular weight is 668 g/mol. The quantitative estimate of drug-likeness (QED) is 0.138. The van der Waals surface area contributed by atoms with E-state index in [2.05, 4.69) is 155 Å². The largest absolute Gasteiger partial charge is 0.333 e. The molecule has 0 spiro atoms. The molecule has 4 aromatic carbocycles. The highest BCUT2D eigenvalue weighted by atomic mass is 15.2. The number of pyridine rings is 1. The van der Waals surface area contributed by atoms with E-state index in [4.69, 9.17) is 0 Å². The van der Waals surface area contributed by atoms with Crippen LogP contribution in [-0.4, -0.2) is 15.6 Å². The van der Waals surface area contributed by atoms with Crippen molar-refractivity contribution in [1.29, 1.82) is 0 Å². The van der Waals surface area contributed by atoms with E-state index in [0.29, 0.717) is 5.92 Å². The highest BCUT2D eigenvalue weighted by Crippen LogP contribution is 2.48. The number of benzene rings is 4. The van der Waals surface area contributed by atoms with Crippen LogP contribution in [0.4, 0.5) is 5.69 Å². The van der Waals surface area contributed by atoms with Gasteiger partial charge in [-0.2, -0.15) is 0 Å². The maximum absolute atomic E-state index is 4.29. The van der Waals surface area contributed by atoms with Gasteiger partial charge in [0.2, 0.25) is 0 Å². The Morgan fingerprint density at radius 3 is 2.58 bits per heavy atom. The van der Waals surface area contributed by atoms with Gasteiger partial charge in [0.25, 0.3) is 0 Å². The van der Waals surface area contributed by atoms with Crippen LogP contribution in [0.5, 0.6) is 0 Å². The molecule has 52 heavy (non-hydrogen) atoms. The molecule has 2 aromatic heterocycles. The van der Waals surface area contributed by atoms with Crippen molar-refractivity contribution < 1.29 is 0 Å². The fourth-order valence-corrected chi connectivity index (χ4v) is 9.60. The van der Waals surface area contributed by atoms with Gasteiger partial charge in [-0.25, -0.2) is 0 Å². The fourth-order valence-electron chi connectivity index (χ4n) is 9.60. The maximum atomic E-state index is 4.29. The average Bonchev–Trinajstić information content (AvgIpc) is 3.57. The van der Waals surface area contributed by atoms with E-state index in [-0.39, 0.29) is 6.04 Å². The Morgan fingerprint density at radius 2 is 1.65 bits per heavy atom. The molecule has 2 unspecified atom stereocenters. The van der Waals surface area contributed by atoms with Crippen molar-refractivity contribution in [2.75, 3.05) is 4.90 Å². The number of rotatable bonds is 3. The third-order valence-electron chi connectivity index (χ3n) is 11.9. The minimum absolute atomic E-state index is 0.213. The number of fused-ring (bicyclic) bond motifs is 11. The lowest BCUT2D eigenvalue weighted by Crippen LogP contribution is -2.31. The summed E-state index contributed by atoms with van der Waals surface area (Å²) in [6.07, 6.45) is 30.8. The predicted molar refractivity (Wildman–Crippen MR) is 218 cm³/mol. The van der Waals surface area contributed by atoms with Crippen LogP contribution in [0, 0.1) is 0 Å². The number of hydrogen-bond donors (Lipinski definition) is 0. The van der Waals surface area contributed by atoms with Crippen LogP contribution in [0.1, 0.15) is 60.1 Å². The van der Waals surface area contributed by atoms with Crippen molar-refractivity contribution in [2.45, 2.75) is 44.6 Å². The van der Waals surface area contributed by atoms with Crippen LogP contribution >= 0.6 is 0 Å². The van der Waals surface area contributed by atoms with Gasteiger partial charge in [0.1, 0.15) is 0 Å². The fraction of sp³-hybridized carbons (Fsp3) is 0.143. The molecule has 0 N–H and O–H groups in total. The summed E-state index contributed by atoms with van der Waals surface area (Å²) in [4.78, 5) is 6.86. The Bertz CT molecular complexity index is 2790. The zero-order valence-electron chi connectivity index (χ0n) is 29.2. The van der Waals surface area contributed by atoms with Crippen LogP contribution < -0.4 is 4.90 Å². The van der Waals surface area contributed by atoms with Gasteiger partial charge in [0.05, 0.1) is 17.3 Å². The molecule has 1 aliphatic heterocycles. The van der Waals surface area contributed by atoms with E-state index in [9.17, 15) is 0 Å². The zero-order chi connectivity index (χ0) is 34.3. The van der Waals surface area contributed by atoms with Crippen molar-refractivity contribution in [1.82, 2.24) is 9.55 Å². The van der Waals surface area contributed by atoms with Crippen molar-refractivity contribution in [3.63, 3.8) is 0 Å². The van der Waals surface area contributed by atoms with E-state index >= 15 is 0 Å². The summed E-state index contributed by atoms with van der Waals surface area (Å²) < 4.78 is 2.44. The van der Waals surface area contributed by atoms with Crippen LogP contribution in [-0.2, 0) is 6.42 Å². The molecule has 248 valence electrons. The van der Waals surface area contributed by atoms with Crippen LogP contribution in [0.3, 0.4) is 0 Å². The monoisotopic (exact) mass is 667 g/mol. The van der Waals surface area contributed by atoms with Gasteiger partial charge in [-0.3, -0.25) is 4.98 Å². The minimum atomic E-state index is 0.213. The molecule has 3 heterocycles. The van der Waals surface area contributed by atoms with Gasteiger partial charge < -0.3 is 9.47 Å². The second-order valence-electron chi connectivity index (χ2n) is 14.7. The van der Waals surface area contributed by atoms with Crippen LogP contribution in [0.15, 0.2) is 156 Å². The predicted octanol–water partition coefficient (Wildman–Crippen LogP) is 11.9. The van der Waals surface area contributed by atoms with E-state index in [1.54, 1.807) is 0 Å². The Hall–Kier alpha value is -6.15. The summed E-state index contributed by atoms with van der Waals surface area (Å²) in [6.45, 7) is 2.37. The zero-order valence-corrected chi connectivity index (χ0v) is 29.2. The molecule has 3 nitrogen and oxygen atoms in total. The van der Waals surface area contributed by atoms with Crippen molar-refractivity contribution >= 4 is 55.9 Å². The van der Waals surface area contributed by atoms with Crippen LogP contribution in [0.25, 0.3) is 55.9 Å². The van der Waals surface area contributed by atoms with E-state index < -0.39 is 0 Å². The first-order chi connectivity index (χ1) is 25.7. The van der Waals surface area contributed by atoms with E-state index in [0.717, 1.165) is 25.7 Å². The lowest BCUT2D eigenvalue weighted by molar-refractivity contribution is 0.768. The lowest BCUT2D eigenvalue weighted by Gasteiger charge is -2.31. The van der Waals surface area contributed by atoms with Gasteiger partial charge in [-0.1, -0.05) is 85.9 Å². The summed E-state index contributed by atoms with van der Waals surface area (Å²) in [5.74, 6) is 0.491. The normalized spacial score (nSPS) is 19.9. The number of hydrogen-bond acceptors (Lipinski definition) is 2. The van der Waals surface area contributed by atoms with Gasteiger partial charge in [-0.05, 0) is 130 Å². The molecule has 3 heteroatoms. The maximum Gasteiger partial charge on any atom is 0.0633 e. The molecule has 11 rings (SSSR count). The SMILES string of the molecule is CC1CC=Cc2c1c1ccc(N3C4=C(C=CC=C=C4)C4=CC(c5ccc6c(c5)c5c(n6-c6ccncc6)CCC=C5)=CCC43)cc1c1ccccc21. The molecule has 0 fully saturated rings. The summed E-state index contributed by atoms with van der Waals surface area (Å²) >= 11 is 0. The van der Waals surface area contributed by atoms with Gasteiger partial charge in [0, 0.05) is 52.1 Å². The molecule has 0 saturated carbocycles. The second-order valence-corrected chi connectivity index (χ2v) is 14.7. The molecule has 4 aliphatic carbocycles. The Kier molecular flexibility index (Phi) is 6.50. The third-order valence-corrected chi connectivity index (χ3v) is 11.9. The highest BCUT2D eigenvalue weighted by molar-refractivity contribution is 6.14. The van der Waals surface area contributed by atoms with Gasteiger partial charge in [-0.15, -0.1) is 5.73 Å². The number of anilines is 1. The van der Waals surface area contributed by atoms with E-state index in [1.165, 1.54) is 94.2 Å². The Morgan fingerprint density at radius 1 is 0.769 bits per heavy atom. The third kappa shape index (κ3) is 4.30. The molecular formula is C49H37N3. The summed E-state index contributed by atoms with van der Waals surface area (Å²) in [5, 5.41) is 6.71. The molecular weight excluding hydrogens is 631 g/mol. The van der Waals surface area contributed by atoms with Gasteiger partial charge in [0.15, 0.2) is 0 Å². The molecule has 0 saturated heterocycles. The lowest BCUT2D eigenvalue weighted by atomic mass is 9.81. The highest BCUT2D eigenvalue weighted by Gasteiger charge is 2.37. The first kappa shape index (κ1) is 29.6. The number of aromatic nitrogens is 2. The summed E-state index contributed by atoms with van der Waals surface area (Å²) in [6, 6.07) is 27.7. The number of allylic oxidation sites excluding steroid dienone is 7. The molecule has 2 atom stereocenters. The Balaban J connectivity index is 1.04. The minimum Gasteiger partial charge on any atom is -0.333 e. The molecule has 5 aliphatic rings. The van der Waals surface area contributed by atoms with Crippen LogP contribution in [0.2, 0.25) is 0 Å². The first-order valence-electron chi connectivity index (χ1n) is 18.7. The molecule has 0 radical (unpaired) electrons. The van der Waals surface area contributed by atoms with Crippen molar-refractivity contribution in [3.8, 4) is 5.69 Å². The number of nitrogens with zero attached hydrogens (tertiary/aromatic N) is 3. The van der Waals surface area contributed by atoms with E-state index in [1.807, 2.05) is 18.5 Å². The molecule has 0 bridgehead atoms. The molecule has 6 aromatic rings. The first-order valence-corrected chi connectivity index (χ1v) is 18.7. The Labute approximate surface area is 303 Å².